The number of hydrogen-bond acceptors (Lipinski definition) is 2. The van der Waals surface area contributed by atoms with Crippen molar-refractivity contribution in [2.75, 3.05) is 19.6 Å². The van der Waals surface area contributed by atoms with Crippen LogP contribution in [0.5, 0.6) is 0 Å². The molecule has 1 aliphatic rings. The van der Waals surface area contributed by atoms with Gasteiger partial charge in [-0.05, 0) is 38.9 Å². The van der Waals surface area contributed by atoms with E-state index in [1.54, 1.807) is 0 Å². The van der Waals surface area contributed by atoms with E-state index in [0.717, 1.165) is 19.6 Å². The van der Waals surface area contributed by atoms with Crippen LogP contribution < -0.4 is 5.32 Å². The van der Waals surface area contributed by atoms with Gasteiger partial charge in [0.05, 0.1) is 0 Å². The second-order valence-corrected chi connectivity index (χ2v) is 4.93. The maximum absolute atomic E-state index is 3.53. The average Bonchev–Trinajstić information content (AvgIpc) is 2.43. The van der Waals surface area contributed by atoms with Crippen LogP contribution >= 0.6 is 0 Å². The van der Waals surface area contributed by atoms with E-state index in [0.29, 0.717) is 6.04 Å². The van der Waals surface area contributed by atoms with Crippen molar-refractivity contribution in [2.24, 2.45) is 0 Å². The minimum atomic E-state index is 0.618. The van der Waals surface area contributed by atoms with Crippen LogP contribution in [0, 0.1) is 6.92 Å². The monoisotopic (exact) mass is 218 g/mol. The maximum Gasteiger partial charge on any atom is 0.0234 e. The second-order valence-electron chi connectivity index (χ2n) is 4.93. The van der Waals surface area contributed by atoms with Gasteiger partial charge in [-0.3, -0.25) is 4.90 Å². The predicted molar refractivity (Wildman–Crippen MR) is 68.5 cm³/mol. The van der Waals surface area contributed by atoms with E-state index in [1.165, 1.54) is 24.1 Å². The van der Waals surface area contributed by atoms with Crippen LogP contribution in [0.1, 0.15) is 24.5 Å². The molecule has 2 nitrogen and oxygen atoms in total. The summed E-state index contributed by atoms with van der Waals surface area (Å²) in [4.78, 5) is 2.55. The zero-order valence-corrected chi connectivity index (χ0v) is 10.4. The van der Waals surface area contributed by atoms with Crippen molar-refractivity contribution in [3.63, 3.8) is 0 Å². The van der Waals surface area contributed by atoms with Gasteiger partial charge in [0.15, 0.2) is 0 Å². The van der Waals surface area contributed by atoms with Gasteiger partial charge in [0.25, 0.3) is 0 Å². The average molecular weight is 218 g/mol. The quantitative estimate of drug-likeness (QED) is 0.818. The van der Waals surface area contributed by atoms with Crippen molar-refractivity contribution < 1.29 is 0 Å². The maximum atomic E-state index is 3.53. The number of rotatable bonds is 2. The van der Waals surface area contributed by atoms with Gasteiger partial charge in [0, 0.05) is 19.1 Å². The van der Waals surface area contributed by atoms with Gasteiger partial charge in [-0.2, -0.15) is 0 Å². The van der Waals surface area contributed by atoms with Gasteiger partial charge in [-0.1, -0.05) is 29.8 Å². The van der Waals surface area contributed by atoms with Crippen molar-refractivity contribution in [1.82, 2.24) is 10.2 Å². The van der Waals surface area contributed by atoms with Crippen molar-refractivity contribution in [3.05, 3.63) is 35.4 Å². The van der Waals surface area contributed by atoms with Gasteiger partial charge >= 0.3 is 0 Å². The molecule has 2 rings (SSSR count). The van der Waals surface area contributed by atoms with Gasteiger partial charge in [0.2, 0.25) is 0 Å². The summed E-state index contributed by atoms with van der Waals surface area (Å²) in [5.41, 5.74) is 2.80. The van der Waals surface area contributed by atoms with Crippen molar-refractivity contribution in [3.8, 4) is 0 Å². The first kappa shape index (κ1) is 11.6. The van der Waals surface area contributed by atoms with Crippen molar-refractivity contribution in [1.29, 1.82) is 0 Å². The lowest BCUT2D eigenvalue weighted by atomic mass is 10.1. The Bertz CT molecular complexity index is 335. The van der Waals surface area contributed by atoms with Gasteiger partial charge in [-0.15, -0.1) is 0 Å². The van der Waals surface area contributed by atoms with Crippen LogP contribution in [-0.4, -0.2) is 30.6 Å². The summed E-state index contributed by atoms with van der Waals surface area (Å²) < 4.78 is 0. The number of benzene rings is 1. The lowest BCUT2D eigenvalue weighted by Gasteiger charge is -2.22. The zero-order chi connectivity index (χ0) is 11.4. The van der Waals surface area contributed by atoms with E-state index in [1.807, 2.05) is 0 Å². The molecule has 0 spiro atoms. The lowest BCUT2D eigenvalue weighted by Crippen LogP contribution is -2.34. The fraction of sp³-hybridized carbons (Fsp3) is 0.571. The number of nitrogens with one attached hydrogen (secondary N) is 1. The van der Waals surface area contributed by atoms with E-state index in [9.17, 15) is 0 Å². The Kier molecular flexibility index (Phi) is 3.97. The molecule has 1 N–H and O–H groups in total. The molecule has 1 fully saturated rings. The Balaban J connectivity index is 1.97. The molecule has 1 heterocycles. The molecule has 0 saturated carbocycles. The third-order valence-electron chi connectivity index (χ3n) is 3.16. The lowest BCUT2D eigenvalue weighted by molar-refractivity contribution is 0.265. The highest BCUT2D eigenvalue weighted by molar-refractivity contribution is 5.22. The highest BCUT2D eigenvalue weighted by atomic mass is 15.2. The Morgan fingerprint density at radius 1 is 1.44 bits per heavy atom. The first-order valence-electron chi connectivity index (χ1n) is 6.25. The largest absolute Gasteiger partial charge is 0.313 e. The smallest absolute Gasteiger partial charge is 0.0234 e. The number of nitrogens with zero attached hydrogens (tertiary/aromatic N) is 1. The Morgan fingerprint density at radius 3 is 3.12 bits per heavy atom. The van der Waals surface area contributed by atoms with E-state index in [2.05, 4.69) is 48.3 Å². The third-order valence-corrected chi connectivity index (χ3v) is 3.16. The topological polar surface area (TPSA) is 15.3 Å². The fourth-order valence-electron chi connectivity index (χ4n) is 2.41. The Morgan fingerprint density at radius 2 is 2.31 bits per heavy atom. The Labute approximate surface area is 98.7 Å². The molecule has 0 aliphatic carbocycles. The fourth-order valence-corrected chi connectivity index (χ4v) is 2.41. The van der Waals surface area contributed by atoms with Gasteiger partial charge in [-0.25, -0.2) is 0 Å². The summed E-state index contributed by atoms with van der Waals surface area (Å²) in [6, 6.07) is 9.46. The normalized spacial score (nSPS) is 23.0. The van der Waals surface area contributed by atoms with Gasteiger partial charge < -0.3 is 5.32 Å². The molecule has 0 amide bonds. The molecule has 0 bridgehead atoms. The third kappa shape index (κ3) is 3.32. The molecule has 0 aromatic heterocycles. The highest BCUT2D eigenvalue weighted by Gasteiger charge is 2.13. The van der Waals surface area contributed by atoms with E-state index in [4.69, 9.17) is 0 Å². The summed E-state index contributed by atoms with van der Waals surface area (Å²) in [5, 5.41) is 3.53. The van der Waals surface area contributed by atoms with Crippen molar-refractivity contribution >= 4 is 0 Å². The summed E-state index contributed by atoms with van der Waals surface area (Å²) >= 11 is 0. The zero-order valence-electron chi connectivity index (χ0n) is 10.4. The first-order valence-corrected chi connectivity index (χ1v) is 6.25. The Hall–Kier alpha value is -0.860. The van der Waals surface area contributed by atoms with E-state index >= 15 is 0 Å². The van der Waals surface area contributed by atoms with Crippen LogP contribution in [0.3, 0.4) is 0 Å². The predicted octanol–water partition coefficient (Wildman–Crippen LogP) is 2.18. The second kappa shape index (κ2) is 5.46. The number of aryl methyl sites for hydroxylation is 1. The molecule has 2 heteroatoms. The van der Waals surface area contributed by atoms with Gasteiger partial charge in [0.1, 0.15) is 0 Å². The molecular weight excluding hydrogens is 196 g/mol. The first-order chi connectivity index (χ1) is 7.74. The molecule has 1 aromatic carbocycles. The number of hydrogen-bond donors (Lipinski definition) is 1. The molecule has 16 heavy (non-hydrogen) atoms. The molecule has 1 atom stereocenters. The molecule has 1 aromatic rings. The SMILES string of the molecule is Cc1cccc(CN2CCCNC(C)C2)c1. The van der Waals surface area contributed by atoms with Crippen molar-refractivity contribution in [2.45, 2.75) is 32.9 Å². The summed E-state index contributed by atoms with van der Waals surface area (Å²) in [6.07, 6.45) is 1.26. The molecule has 1 saturated heterocycles. The van der Waals surface area contributed by atoms with Crippen LogP contribution in [0.25, 0.3) is 0 Å². The van der Waals surface area contributed by atoms with E-state index < -0.39 is 0 Å². The highest BCUT2D eigenvalue weighted by Crippen LogP contribution is 2.10. The molecular formula is C14H22N2. The molecule has 0 radical (unpaired) electrons. The summed E-state index contributed by atoms with van der Waals surface area (Å²) in [7, 11) is 0. The van der Waals surface area contributed by atoms with E-state index in [-0.39, 0.29) is 0 Å². The van der Waals surface area contributed by atoms with Crippen LogP contribution in [0.15, 0.2) is 24.3 Å². The summed E-state index contributed by atoms with van der Waals surface area (Å²) in [5.74, 6) is 0. The van der Waals surface area contributed by atoms with Crippen LogP contribution in [0.4, 0.5) is 0 Å². The van der Waals surface area contributed by atoms with Crippen LogP contribution in [0.2, 0.25) is 0 Å². The minimum absolute atomic E-state index is 0.618. The molecule has 1 unspecified atom stereocenters. The summed E-state index contributed by atoms with van der Waals surface area (Å²) in [6.45, 7) is 9.06. The minimum Gasteiger partial charge on any atom is -0.313 e. The molecule has 1 aliphatic heterocycles. The van der Waals surface area contributed by atoms with Crippen LogP contribution in [-0.2, 0) is 6.54 Å². The standard InChI is InChI=1S/C14H22N2/c1-12-5-3-6-14(9-12)11-16-8-4-7-15-13(2)10-16/h3,5-6,9,13,15H,4,7-8,10-11H2,1-2H3. The molecule has 88 valence electrons.